The summed E-state index contributed by atoms with van der Waals surface area (Å²) in [7, 11) is 0. The molecule has 23 heavy (non-hydrogen) atoms. The van der Waals surface area contributed by atoms with Crippen LogP contribution in [0, 0.1) is 0 Å². The van der Waals surface area contributed by atoms with Crippen LogP contribution in [0.2, 0.25) is 0 Å². The summed E-state index contributed by atoms with van der Waals surface area (Å²) in [6.07, 6.45) is 4.44. The van der Waals surface area contributed by atoms with E-state index in [-0.39, 0.29) is 0 Å². The van der Waals surface area contributed by atoms with Crippen molar-refractivity contribution in [3.63, 3.8) is 0 Å². The van der Waals surface area contributed by atoms with E-state index in [1.165, 1.54) is 0 Å². The number of aromatic nitrogens is 3. The third kappa shape index (κ3) is 4.02. The third-order valence-electron chi connectivity index (χ3n) is 3.52. The molecule has 3 rings (SSSR count). The Labute approximate surface area is 135 Å². The van der Waals surface area contributed by atoms with Gasteiger partial charge in [0.15, 0.2) is 0 Å². The van der Waals surface area contributed by atoms with Crippen LogP contribution in [0.3, 0.4) is 0 Å². The van der Waals surface area contributed by atoms with Gasteiger partial charge in [0.25, 0.3) is 0 Å². The van der Waals surface area contributed by atoms with Gasteiger partial charge in [0.1, 0.15) is 23.7 Å². The molecule has 0 fully saturated rings. The largest absolute Gasteiger partial charge is 0.490 e. The fraction of sp³-hybridized carbons (Fsp3) is 0.278. The van der Waals surface area contributed by atoms with Gasteiger partial charge >= 0.3 is 0 Å². The van der Waals surface area contributed by atoms with E-state index in [9.17, 15) is 0 Å². The van der Waals surface area contributed by atoms with Gasteiger partial charge in [-0.1, -0.05) is 25.1 Å². The highest BCUT2D eigenvalue weighted by molar-refractivity contribution is 5.84. The minimum Gasteiger partial charge on any atom is -0.490 e. The molecule has 3 aromatic rings. The predicted octanol–water partition coefficient (Wildman–Crippen LogP) is 2.76. The molecule has 0 spiro atoms. The molecule has 2 heterocycles. The minimum atomic E-state index is 0.585. The summed E-state index contributed by atoms with van der Waals surface area (Å²) >= 11 is 0. The quantitative estimate of drug-likeness (QED) is 0.680. The molecule has 0 aliphatic heterocycles. The molecular weight excluding hydrogens is 288 g/mol. The molecule has 0 radical (unpaired) electrons. The highest BCUT2D eigenvalue weighted by Crippen LogP contribution is 2.22. The maximum absolute atomic E-state index is 5.84. The number of hydrogen-bond acceptors (Lipinski definition) is 5. The number of benzene rings is 1. The van der Waals surface area contributed by atoms with Crippen LogP contribution >= 0.6 is 0 Å². The first kappa shape index (κ1) is 15.4. The van der Waals surface area contributed by atoms with Gasteiger partial charge in [-0.15, -0.1) is 0 Å². The second-order valence-corrected chi connectivity index (χ2v) is 5.17. The average Bonchev–Trinajstić information content (AvgIpc) is 2.62. The van der Waals surface area contributed by atoms with Crippen LogP contribution in [0.5, 0.6) is 5.75 Å². The van der Waals surface area contributed by atoms with E-state index >= 15 is 0 Å². The Bertz CT molecular complexity index is 770. The van der Waals surface area contributed by atoms with Crippen molar-refractivity contribution < 1.29 is 4.74 Å². The van der Waals surface area contributed by atoms with E-state index in [0.717, 1.165) is 41.1 Å². The summed E-state index contributed by atoms with van der Waals surface area (Å²) in [6.45, 7) is 4.10. The van der Waals surface area contributed by atoms with Crippen molar-refractivity contribution in [2.45, 2.75) is 19.9 Å². The molecule has 1 N–H and O–H groups in total. The van der Waals surface area contributed by atoms with Crippen molar-refractivity contribution in [2.24, 2.45) is 0 Å². The molecule has 0 amide bonds. The topological polar surface area (TPSA) is 59.9 Å². The maximum Gasteiger partial charge on any atom is 0.145 e. The Morgan fingerprint density at radius 3 is 2.87 bits per heavy atom. The summed E-state index contributed by atoms with van der Waals surface area (Å²) in [6, 6.07) is 11.9. The number of fused-ring (bicyclic) bond motifs is 1. The molecular formula is C18H20N4O. The van der Waals surface area contributed by atoms with Crippen molar-refractivity contribution in [2.75, 3.05) is 13.2 Å². The monoisotopic (exact) mass is 308 g/mol. The molecule has 0 aliphatic carbocycles. The lowest BCUT2D eigenvalue weighted by Gasteiger charge is -2.09. The van der Waals surface area contributed by atoms with Gasteiger partial charge in [-0.25, -0.2) is 9.97 Å². The van der Waals surface area contributed by atoms with Gasteiger partial charge in [-0.2, -0.15) is 0 Å². The fourth-order valence-corrected chi connectivity index (χ4v) is 2.35. The lowest BCUT2D eigenvalue weighted by atomic mass is 10.2. The molecule has 0 atom stereocenters. The zero-order valence-electron chi connectivity index (χ0n) is 13.2. The molecule has 0 saturated carbocycles. The Hall–Kier alpha value is -2.53. The smallest absolute Gasteiger partial charge is 0.145 e. The SMILES string of the molecule is CCc1nccc(CNCCOc2cccc3cccnc23)n1. The summed E-state index contributed by atoms with van der Waals surface area (Å²) in [5, 5.41) is 4.42. The fourth-order valence-electron chi connectivity index (χ4n) is 2.35. The number of ether oxygens (including phenoxy) is 1. The van der Waals surface area contributed by atoms with E-state index in [1.54, 1.807) is 12.4 Å². The highest BCUT2D eigenvalue weighted by Gasteiger charge is 2.02. The van der Waals surface area contributed by atoms with Crippen LogP contribution in [-0.2, 0) is 13.0 Å². The third-order valence-corrected chi connectivity index (χ3v) is 3.52. The molecule has 5 nitrogen and oxygen atoms in total. The number of aryl methyl sites for hydroxylation is 1. The molecule has 5 heteroatoms. The first-order valence-corrected chi connectivity index (χ1v) is 7.85. The van der Waals surface area contributed by atoms with Gasteiger partial charge in [-0.05, 0) is 18.2 Å². The maximum atomic E-state index is 5.84. The minimum absolute atomic E-state index is 0.585. The first-order chi connectivity index (χ1) is 11.4. The molecule has 2 aromatic heterocycles. The normalized spacial score (nSPS) is 10.8. The van der Waals surface area contributed by atoms with Gasteiger partial charge in [0, 0.05) is 37.3 Å². The number of rotatable bonds is 7. The highest BCUT2D eigenvalue weighted by atomic mass is 16.5. The average molecular weight is 308 g/mol. The van der Waals surface area contributed by atoms with E-state index in [0.29, 0.717) is 13.2 Å². The first-order valence-electron chi connectivity index (χ1n) is 7.85. The zero-order chi connectivity index (χ0) is 15.9. The van der Waals surface area contributed by atoms with Crippen molar-refractivity contribution in [1.82, 2.24) is 20.3 Å². The molecule has 0 saturated heterocycles. The summed E-state index contributed by atoms with van der Waals surface area (Å²) in [5.74, 6) is 1.70. The van der Waals surface area contributed by atoms with E-state index in [4.69, 9.17) is 4.74 Å². The molecule has 1 aromatic carbocycles. The molecule has 0 aliphatic rings. The Morgan fingerprint density at radius 1 is 1.04 bits per heavy atom. The standard InChI is InChI=1S/C18H20N4O/c1-2-17-20-10-8-15(22-17)13-19-11-12-23-16-7-3-5-14-6-4-9-21-18(14)16/h3-10,19H,2,11-13H2,1H3. The van der Waals surface area contributed by atoms with Crippen molar-refractivity contribution in [3.05, 3.63) is 60.3 Å². The second-order valence-electron chi connectivity index (χ2n) is 5.17. The Morgan fingerprint density at radius 2 is 1.96 bits per heavy atom. The van der Waals surface area contributed by atoms with Crippen LogP contribution in [0.25, 0.3) is 10.9 Å². The second kappa shape index (κ2) is 7.65. The van der Waals surface area contributed by atoms with Gasteiger partial charge < -0.3 is 10.1 Å². The summed E-state index contributed by atoms with van der Waals surface area (Å²) in [5.41, 5.74) is 1.90. The van der Waals surface area contributed by atoms with Crippen LogP contribution in [0.1, 0.15) is 18.4 Å². The van der Waals surface area contributed by atoms with Crippen LogP contribution < -0.4 is 10.1 Å². The van der Waals surface area contributed by atoms with Crippen molar-refractivity contribution in [1.29, 1.82) is 0 Å². The van der Waals surface area contributed by atoms with Crippen LogP contribution in [0.4, 0.5) is 0 Å². The van der Waals surface area contributed by atoms with E-state index < -0.39 is 0 Å². The number of hydrogen-bond donors (Lipinski definition) is 1. The lowest BCUT2D eigenvalue weighted by molar-refractivity contribution is 0.316. The van der Waals surface area contributed by atoms with Gasteiger partial charge in [-0.3, -0.25) is 4.98 Å². The Balaban J connectivity index is 1.49. The predicted molar refractivity (Wildman–Crippen MR) is 90.4 cm³/mol. The number of nitrogens with one attached hydrogen (secondary N) is 1. The summed E-state index contributed by atoms with van der Waals surface area (Å²) in [4.78, 5) is 13.0. The van der Waals surface area contributed by atoms with E-state index in [2.05, 4.69) is 27.2 Å². The number of pyridine rings is 1. The van der Waals surface area contributed by atoms with Gasteiger partial charge in [0.05, 0.1) is 5.69 Å². The molecule has 0 bridgehead atoms. The Kier molecular flexibility index (Phi) is 5.11. The van der Waals surface area contributed by atoms with Crippen LogP contribution in [0.15, 0.2) is 48.8 Å². The summed E-state index contributed by atoms with van der Waals surface area (Å²) < 4.78 is 5.84. The zero-order valence-corrected chi connectivity index (χ0v) is 13.2. The molecule has 118 valence electrons. The van der Waals surface area contributed by atoms with Crippen molar-refractivity contribution >= 4 is 10.9 Å². The van der Waals surface area contributed by atoms with Gasteiger partial charge in [0.2, 0.25) is 0 Å². The van der Waals surface area contributed by atoms with Crippen LogP contribution in [-0.4, -0.2) is 28.1 Å². The van der Waals surface area contributed by atoms with E-state index in [1.807, 2.05) is 36.4 Å². The lowest BCUT2D eigenvalue weighted by Crippen LogP contribution is -2.21. The van der Waals surface area contributed by atoms with Crippen molar-refractivity contribution in [3.8, 4) is 5.75 Å². The molecule has 0 unspecified atom stereocenters. The number of nitrogens with zero attached hydrogens (tertiary/aromatic N) is 3. The number of para-hydroxylation sites is 1.